The number of rotatable bonds is 4. The van der Waals surface area contributed by atoms with E-state index in [2.05, 4.69) is 10.2 Å². The van der Waals surface area contributed by atoms with Gasteiger partial charge in [-0.15, -0.1) is 0 Å². The number of imide groups is 1. The van der Waals surface area contributed by atoms with Crippen molar-refractivity contribution in [2.75, 3.05) is 25.5 Å². The standard InChI is InChI=1S/C22H17N5O5/c1-11-16(21(31)27(10-15(28)29)22(32)18(11)24-2)19-14(9-23)17(20(30)25-19)12-5-7-13(8-6-12)26(3)4/h5-8H,10H2,1,3-4H3,(H,25,30)(H,28,29)/b19-16+. The van der Waals surface area contributed by atoms with E-state index in [9.17, 15) is 24.4 Å². The van der Waals surface area contributed by atoms with Crippen molar-refractivity contribution in [3.05, 3.63) is 69.4 Å². The molecular weight excluding hydrogens is 414 g/mol. The Balaban J connectivity index is 2.26. The van der Waals surface area contributed by atoms with Crippen LogP contribution < -0.4 is 10.2 Å². The smallest absolute Gasteiger partial charge is 0.323 e. The Morgan fingerprint density at radius 2 is 1.81 bits per heavy atom. The number of amides is 3. The minimum atomic E-state index is -1.45. The number of carboxylic acids is 1. The molecule has 1 aromatic rings. The van der Waals surface area contributed by atoms with Gasteiger partial charge < -0.3 is 15.3 Å². The van der Waals surface area contributed by atoms with Crippen molar-refractivity contribution >= 4 is 35.0 Å². The molecule has 2 aliphatic rings. The van der Waals surface area contributed by atoms with Gasteiger partial charge in [0.1, 0.15) is 12.6 Å². The molecule has 3 amide bonds. The number of nitriles is 1. The first-order valence-corrected chi connectivity index (χ1v) is 9.27. The van der Waals surface area contributed by atoms with Gasteiger partial charge in [-0.05, 0) is 30.2 Å². The molecule has 0 bridgehead atoms. The van der Waals surface area contributed by atoms with Gasteiger partial charge in [0.05, 0.1) is 29.0 Å². The SMILES string of the molecule is [C-]#[N+]C1=C(C)/C(=C2\NC(=O)C(c3ccc(N(C)C)cc3)=C2C#N)C(=O)N(CC(=O)O)C1=O. The Kier molecular flexibility index (Phi) is 5.64. The fraction of sp³-hybridized carbons (Fsp3) is 0.182. The summed E-state index contributed by atoms with van der Waals surface area (Å²) in [7, 11) is 3.70. The minimum Gasteiger partial charge on any atom is -0.480 e. The zero-order valence-corrected chi connectivity index (χ0v) is 17.4. The van der Waals surface area contributed by atoms with Crippen molar-refractivity contribution in [1.82, 2.24) is 10.2 Å². The number of benzene rings is 1. The van der Waals surface area contributed by atoms with Crippen LogP contribution >= 0.6 is 0 Å². The van der Waals surface area contributed by atoms with Gasteiger partial charge in [-0.25, -0.2) is 4.85 Å². The number of nitrogens with zero attached hydrogens (tertiary/aromatic N) is 4. The summed E-state index contributed by atoms with van der Waals surface area (Å²) in [4.78, 5) is 54.8. The summed E-state index contributed by atoms with van der Waals surface area (Å²) < 4.78 is 0. The second-order valence-corrected chi connectivity index (χ2v) is 7.18. The lowest BCUT2D eigenvalue weighted by atomic mass is 9.93. The van der Waals surface area contributed by atoms with Crippen LogP contribution in [0.4, 0.5) is 5.69 Å². The lowest BCUT2D eigenvalue weighted by Crippen LogP contribution is -2.46. The lowest BCUT2D eigenvalue weighted by molar-refractivity contribution is -0.149. The number of anilines is 1. The van der Waals surface area contributed by atoms with Crippen LogP contribution in [0.3, 0.4) is 0 Å². The Morgan fingerprint density at radius 1 is 1.19 bits per heavy atom. The van der Waals surface area contributed by atoms with Crippen molar-refractivity contribution in [1.29, 1.82) is 5.26 Å². The van der Waals surface area contributed by atoms with Crippen molar-refractivity contribution in [3.63, 3.8) is 0 Å². The van der Waals surface area contributed by atoms with Crippen LogP contribution in [0.5, 0.6) is 0 Å². The quantitative estimate of drug-likeness (QED) is 0.413. The van der Waals surface area contributed by atoms with E-state index in [1.807, 2.05) is 25.1 Å². The van der Waals surface area contributed by atoms with E-state index < -0.39 is 35.9 Å². The zero-order valence-electron chi connectivity index (χ0n) is 17.4. The summed E-state index contributed by atoms with van der Waals surface area (Å²) in [5.41, 5.74) is 0.297. The molecule has 160 valence electrons. The molecule has 2 heterocycles. The van der Waals surface area contributed by atoms with Gasteiger partial charge in [-0.1, -0.05) is 12.1 Å². The molecule has 2 aliphatic heterocycles. The van der Waals surface area contributed by atoms with E-state index in [-0.39, 0.29) is 28.0 Å². The van der Waals surface area contributed by atoms with Gasteiger partial charge in [0.25, 0.3) is 23.4 Å². The maximum Gasteiger partial charge on any atom is 0.323 e. The highest BCUT2D eigenvalue weighted by molar-refractivity contribution is 6.27. The normalized spacial score (nSPS) is 18.5. The average Bonchev–Trinajstić information content (AvgIpc) is 3.07. The van der Waals surface area contributed by atoms with Gasteiger partial charge in [-0.2, -0.15) is 5.26 Å². The molecule has 0 aromatic heterocycles. The van der Waals surface area contributed by atoms with Gasteiger partial charge in [0.15, 0.2) is 0 Å². The first kappa shape index (κ1) is 22.0. The van der Waals surface area contributed by atoms with E-state index in [0.717, 1.165) is 5.69 Å². The Hall–Kier alpha value is -4.70. The van der Waals surface area contributed by atoms with Crippen molar-refractivity contribution in [2.24, 2.45) is 0 Å². The average molecular weight is 431 g/mol. The summed E-state index contributed by atoms with van der Waals surface area (Å²) in [6.07, 6.45) is 0. The lowest BCUT2D eigenvalue weighted by Gasteiger charge is -2.27. The number of nitrogens with one attached hydrogen (secondary N) is 1. The van der Waals surface area contributed by atoms with E-state index >= 15 is 0 Å². The summed E-state index contributed by atoms with van der Waals surface area (Å²) in [5.74, 6) is -4.13. The highest BCUT2D eigenvalue weighted by Gasteiger charge is 2.41. The van der Waals surface area contributed by atoms with Gasteiger partial charge >= 0.3 is 5.97 Å². The first-order valence-electron chi connectivity index (χ1n) is 9.27. The van der Waals surface area contributed by atoms with Gasteiger partial charge in [0, 0.05) is 19.8 Å². The number of allylic oxidation sites excluding steroid dienone is 1. The van der Waals surface area contributed by atoms with E-state index in [4.69, 9.17) is 11.7 Å². The summed E-state index contributed by atoms with van der Waals surface area (Å²) >= 11 is 0. The number of aliphatic carboxylic acids is 1. The second-order valence-electron chi connectivity index (χ2n) is 7.18. The van der Waals surface area contributed by atoms with Crippen LogP contribution in [0.25, 0.3) is 10.4 Å². The molecule has 0 fully saturated rings. The largest absolute Gasteiger partial charge is 0.480 e. The fourth-order valence-corrected chi connectivity index (χ4v) is 3.48. The molecule has 2 N–H and O–H groups in total. The molecular formula is C22H17N5O5. The molecule has 10 nitrogen and oxygen atoms in total. The predicted molar refractivity (Wildman–Crippen MR) is 112 cm³/mol. The Morgan fingerprint density at radius 3 is 2.31 bits per heavy atom. The number of hydrogen-bond acceptors (Lipinski definition) is 6. The number of carbonyl (C=O) groups is 4. The van der Waals surface area contributed by atoms with E-state index in [0.29, 0.717) is 10.5 Å². The topological polar surface area (TPSA) is 135 Å². The minimum absolute atomic E-state index is 0.0342. The third-order valence-corrected chi connectivity index (χ3v) is 5.04. The maximum atomic E-state index is 13.0. The van der Waals surface area contributed by atoms with Crippen molar-refractivity contribution < 1.29 is 24.3 Å². The maximum absolute atomic E-state index is 13.0. The molecule has 32 heavy (non-hydrogen) atoms. The molecule has 0 saturated carbocycles. The van der Waals surface area contributed by atoms with Gasteiger partial charge in [-0.3, -0.25) is 24.1 Å². The molecule has 0 radical (unpaired) electrons. The molecule has 3 rings (SSSR count). The Bertz CT molecular complexity index is 1250. The Labute approximate surface area is 183 Å². The van der Waals surface area contributed by atoms with Crippen LogP contribution in [-0.4, -0.2) is 54.3 Å². The van der Waals surface area contributed by atoms with Crippen molar-refractivity contribution in [2.45, 2.75) is 6.92 Å². The van der Waals surface area contributed by atoms with Crippen LogP contribution in [0.15, 0.2) is 52.4 Å². The molecule has 0 unspecified atom stereocenters. The van der Waals surface area contributed by atoms with E-state index in [1.165, 1.54) is 6.92 Å². The molecule has 0 atom stereocenters. The predicted octanol–water partition coefficient (Wildman–Crippen LogP) is 1.06. The highest BCUT2D eigenvalue weighted by atomic mass is 16.4. The molecule has 0 aliphatic carbocycles. The number of carboxylic acid groups (broad SMARTS) is 1. The molecule has 1 aromatic carbocycles. The first-order chi connectivity index (χ1) is 15.1. The second kappa shape index (κ2) is 8.20. The molecule has 10 heteroatoms. The van der Waals surface area contributed by atoms with Crippen LogP contribution in [0, 0.1) is 17.9 Å². The van der Waals surface area contributed by atoms with Crippen LogP contribution in [0.1, 0.15) is 12.5 Å². The molecule has 0 spiro atoms. The molecule has 0 saturated heterocycles. The number of hydrogen-bond donors (Lipinski definition) is 2. The monoisotopic (exact) mass is 431 g/mol. The summed E-state index contributed by atoms with van der Waals surface area (Å²) in [6, 6.07) is 8.76. The fourth-order valence-electron chi connectivity index (χ4n) is 3.48. The van der Waals surface area contributed by atoms with Crippen LogP contribution in [-0.2, 0) is 19.2 Å². The summed E-state index contributed by atoms with van der Waals surface area (Å²) in [5, 5.41) is 21.4. The summed E-state index contributed by atoms with van der Waals surface area (Å²) in [6.45, 7) is 7.67. The van der Waals surface area contributed by atoms with Crippen molar-refractivity contribution in [3.8, 4) is 6.07 Å². The van der Waals surface area contributed by atoms with Crippen LogP contribution in [0.2, 0.25) is 0 Å². The number of carbonyl (C=O) groups excluding carboxylic acids is 3. The van der Waals surface area contributed by atoms with Gasteiger partial charge in [0.2, 0.25) is 0 Å². The van der Waals surface area contributed by atoms with E-state index in [1.54, 1.807) is 24.3 Å². The highest BCUT2D eigenvalue weighted by Crippen LogP contribution is 2.36. The zero-order chi connectivity index (χ0) is 23.7. The third kappa shape index (κ3) is 3.50. The third-order valence-electron chi connectivity index (χ3n) is 5.04.